The van der Waals surface area contributed by atoms with Crippen molar-refractivity contribution in [3.8, 4) is 0 Å². The average Bonchev–Trinajstić information content (AvgIpc) is 2.84. The minimum absolute atomic E-state index is 0.00595. The molecule has 0 radical (unpaired) electrons. The van der Waals surface area contributed by atoms with Crippen molar-refractivity contribution >= 4 is 104 Å². The van der Waals surface area contributed by atoms with E-state index in [1.54, 1.807) is 40.3 Å². The number of halogens is 6. The van der Waals surface area contributed by atoms with E-state index in [9.17, 15) is 9.59 Å². The van der Waals surface area contributed by atoms with Crippen molar-refractivity contribution in [2.75, 3.05) is 28.2 Å². The van der Waals surface area contributed by atoms with Crippen LogP contribution in [-0.4, -0.2) is 52.8 Å². The molecule has 0 aliphatic heterocycles. The Kier molecular flexibility index (Phi) is 6.40. The summed E-state index contributed by atoms with van der Waals surface area (Å²) >= 11 is 42.0. The molecule has 2 amide bonds. The highest BCUT2D eigenvalue weighted by Gasteiger charge is 2.78. The molecule has 3 rings (SSSR count). The van der Waals surface area contributed by atoms with Gasteiger partial charge in [-0.3, -0.25) is 9.59 Å². The van der Waals surface area contributed by atoms with E-state index in [1.807, 2.05) is 0 Å². The molecule has 1 aromatic rings. The summed E-state index contributed by atoms with van der Waals surface area (Å²) in [5.74, 6) is 0. The third-order valence-corrected chi connectivity index (χ3v) is 10.9. The molecule has 2 atom stereocenters. The van der Waals surface area contributed by atoms with Crippen LogP contribution in [-0.2, 0) is 9.75 Å². The number of carbonyl (C=O) groups is 2. The van der Waals surface area contributed by atoms with Gasteiger partial charge >= 0.3 is 0 Å². The molecule has 12 heteroatoms. The van der Waals surface area contributed by atoms with E-state index < -0.39 is 14.1 Å². The lowest BCUT2D eigenvalue weighted by atomic mass is 9.95. The van der Waals surface area contributed by atoms with Crippen molar-refractivity contribution in [2.24, 2.45) is 0 Å². The number of thioether (sulfide) groups is 2. The van der Waals surface area contributed by atoms with Gasteiger partial charge in [0.15, 0.2) is 4.33 Å². The molecule has 158 valence electrons. The Morgan fingerprint density at radius 1 is 0.759 bits per heavy atom. The van der Waals surface area contributed by atoms with Crippen LogP contribution in [0, 0.1) is 0 Å². The zero-order valence-corrected chi connectivity index (χ0v) is 21.6. The summed E-state index contributed by atoms with van der Waals surface area (Å²) in [6, 6.07) is 3.34. The van der Waals surface area contributed by atoms with Crippen LogP contribution in [0.2, 0.25) is 0 Å². The van der Waals surface area contributed by atoms with E-state index in [-0.39, 0.29) is 20.5 Å². The average molecular weight is 555 g/mol. The summed E-state index contributed by atoms with van der Waals surface area (Å²) in [7, 11) is 6.49. The Morgan fingerprint density at radius 3 is 1.34 bits per heavy atom. The number of amides is 2. The SMILES string of the molecule is CN(C)C(=O)Sc1ccc(SC(=O)N(C)C)c2c1C1(Cl)C(Cl)=C(Cl)C2(Cl)C1(Cl)Cl. The number of benzene rings is 1. The number of alkyl halides is 4. The molecule has 0 saturated heterocycles. The molecule has 0 spiro atoms. The summed E-state index contributed by atoms with van der Waals surface area (Å²) in [4.78, 5) is 25.2. The third-order valence-electron chi connectivity index (χ3n) is 4.61. The lowest BCUT2D eigenvalue weighted by Gasteiger charge is -2.32. The highest BCUT2D eigenvalue weighted by atomic mass is 35.5. The molecule has 2 aliphatic carbocycles. The smallest absolute Gasteiger partial charge is 0.285 e. The topological polar surface area (TPSA) is 40.6 Å². The first kappa shape index (κ1) is 24.0. The van der Waals surface area contributed by atoms with Gasteiger partial charge < -0.3 is 9.80 Å². The largest absolute Gasteiger partial charge is 0.339 e. The Morgan fingerprint density at radius 2 is 1.07 bits per heavy atom. The zero-order valence-electron chi connectivity index (χ0n) is 15.4. The van der Waals surface area contributed by atoms with Gasteiger partial charge in [-0.1, -0.05) is 46.4 Å². The Hall–Kier alpha value is 0.340. The van der Waals surface area contributed by atoms with Gasteiger partial charge in [-0.05, 0) is 35.7 Å². The Bertz CT molecular complexity index is 894. The fourth-order valence-corrected chi connectivity index (χ4v) is 7.69. The van der Waals surface area contributed by atoms with Gasteiger partial charge in [-0.25, -0.2) is 0 Å². The first-order valence-corrected chi connectivity index (χ1v) is 11.9. The van der Waals surface area contributed by atoms with Gasteiger partial charge in [-0.15, -0.1) is 23.2 Å². The molecule has 4 nitrogen and oxygen atoms in total. The summed E-state index contributed by atoms with van der Waals surface area (Å²) < 4.78 is -1.85. The normalized spacial score (nSPS) is 26.6. The van der Waals surface area contributed by atoms with E-state index in [0.717, 1.165) is 23.5 Å². The van der Waals surface area contributed by atoms with E-state index in [1.165, 1.54) is 9.80 Å². The molecular formula is C17H14Cl6N2O2S2. The van der Waals surface area contributed by atoms with E-state index in [4.69, 9.17) is 69.6 Å². The minimum atomic E-state index is -1.85. The molecule has 0 N–H and O–H groups in total. The van der Waals surface area contributed by atoms with Crippen molar-refractivity contribution in [1.82, 2.24) is 9.80 Å². The first-order valence-electron chi connectivity index (χ1n) is 8.01. The van der Waals surface area contributed by atoms with Crippen molar-refractivity contribution in [2.45, 2.75) is 23.9 Å². The molecule has 0 aromatic heterocycles. The lowest BCUT2D eigenvalue weighted by Crippen LogP contribution is -2.39. The van der Waals surface area contributed by atoms with E-state index >= 15 is 0 Å². The molecule has 2 aliphatic rings. The summed E-state index contributed by atoms with van der Waals surface area (Å²) in [6.45, 7) is 0. The number of fused-ring (bicyclic) bond motifs is 5. The van der Waals surface area contributed by atoms with Crippen LogP contribution in [0.5, 0.6) is 0 Å². The van der Waals surface area contributed by atoms with Crippen LogP contribution in [0.25, 0.3) is 0 Å². The lowest BCUT2D eigenvalue weighted by molar-refractivity contribution is 0.240. The van der Waals surface area contributed by atoms with Gasteiger partial charge in [0.2, 0.25) is 0 Å². The highest BCUT2D eigenvalue weighted by Crippen LogP contribution is 2.79. The second-order valence-electron chi connectivity index (χ2n) is 6.86. The number of allylic oxidation sites excluding steroid dienone is 2. The van der Waals surface area contributed by atoms with Crippen LogP contribution < -0.4 is 0 Å². The third kappa shape index (κ3) is 3.12. The van der Waals surface area contributed by atoms with Gasteiger partial charge in [0, 0.05) is 49.1 Å². The predicted octanol–water partition coefficient (Wildman–Crippen LogP) is 6.99. The van der Waals surface area contributed by atoms with Crippen molar-refractivity contribution in [3.63, 3.8) is 0 Å². The van der Waals surface area contributed by atoms with Crippen LogP contribution in [0.1, 0.15) is 11.1 Å². The molecule has 1 aromatic carbocycles. The summed E-state index contributed by atoms with van der Waals surface area (Å²) in [5, 5.41) is -0.503. The van der Waals surface area contributed by atoms with Gasteiger partial charge in [0.1, 0.15) is 9.75 Å². The predicted molar refractivity (Wildman–Crippen MR) is 125 cm³/mol. The van der Waals surface area contributed by atoms with Gasteiger partial charge in [-0.2, -0.15) is 0 Å². The number of nitrogens with zero attached hydrogens (tertiary/aromatic N) is 2. The number of rotatable bonds is 2. The van der Waals surface area contributed by atoms with Crippen molar-refractivity contribution < 1.29 is 9.59 Å². The molecule has 2 bridgehead atoms. The van der Waals surface area contributed by atoms with Gasteiger partial charge in [0.25, 0.3) is 10.5 Å². The fraction of sp³-hybridized carbons (Fsp3) is 0.412. The Balaban J connectivity index is 2.32. The van der Waals surface area contributed by atoms with Gasteiger partial charge in [0.05, 0.1) is 10.1 Å². The van der Waals surface area contributed by atoms with E-state index in [0.29, 0.717) is 20.9 Å². The summed E-state index contributed by atoms with van der Waals surface area (Å²) in [6.07, 6.45) is 0. The maximum atomic E-state index is 12.4. The number of hydrogen-bond acceptors (Lipinski definition) is 4. The van der Waals surface area contributed by atoms with Crippen LogP contribution >= 0.6 is 93.1 Å². The molecule has 0 saturated carbocycles. The van der Waals surface area contributed by atoms with Crippen molar-refractivity contribution in [1.29, 1.82) is 0 Å². The van der Waals surface area contributed by atoms with Crippen LogP contribution in [0.4, 0.5) is 9.59 Å². The quantitative estimate of drug-likeness (QED) is 0.292. The number of hydrogen-bond donors (Lipinski definition) is 0. The van der Waals surface area contributed by atoms with Crippen LogP contribution in [0.15, 0.2) is 32.0 Å². The second-order valence-corrected chi connectivity index (χ2v) is 12.1. The standard InChI is InChI=1S/C17H14Cl6N2O2S2/c1-24(2)13(26)28-7-5-6-8(29-14(27)25(3)4)10-9(7)15(20)11(18)12(19)16(10,21)17(15,22)23/h5-6H,1-4H3. The maximum Gasteiger partial charge on any atom is 0.285 e. The monoisotopic (exact) mass is 552 g/mol. The molecular weight excluding hydrogens is 541 g/mol. The minimum Gasteiger partial charge on any atom is -0.339 e. The first-order chi connectivity index (χ1) is 13.2. The van der Waals surface area contributed by atoms with Crippen molar-refractivity contribution in [3.05, 3.63) is 33.3 Å². The Labute approximate surface area is 207 Å². The number of carbonyl (C=O) groups excluding carboxylic acids is 2. The summed E-state index contributed by atoms with van der Waals surface area (Å²) in [5.41, 5.74) is 0.760. The molecule has 2 unspecified atom stereocenters. The van der Waals surface area contributed by atoms with Crippen LogP contribution in [0.3, 0.4) is 0 Å². The molecule has 0 heterocycles. The fourth-order valence-electron chi connectivity index (χ4n) is 3.14. The van der Waals surface area contributed by atoms with E-state index in [2.05, 4.69) is 0 Å². The molecule has 0 fully saturated rings. The zero-order chi connectivity index (χ0) is 22.1. The second kappa shape index (κ2) is 7.73. The molecule has 29 heavy (non-hydrogen) atoms. The maximum absolute atomic E-state index is 12.4. The highest BCUT2D eigenvalue weighted by molar-refractivity contribution is 8.14.